The van der Waals surface area contributed by atoms with E-state index in [4.69, 9.17) is 10.1 Å². The van der Waals surface area contributed by atoms with Crippen LogP contribution in [0.5, 0.6) is 11.5 Å². The lowest BCUT2D eigenvalue weighted by Gasteiger charge is -2.36. The molecule has 0 bridgehead atoms. The molecule has 2 heterocycles. The second-order valence-corrected chi connectivity index (χ2v) is 8.36. The van der Waals surface area contributed by atoms with E-state index in [1.165, 1.54) is 12.3 Å². The van der Waals surface area contributed by atoms with Gasteiger partial charge in [0.15, 0.2) is 0 Å². The number of likely N-dealkylation sites (tertiary alicyclic amines) is 1. The Morgan fingerprint density at radius 3 is 2.71 bits per heavy atom. The standard InChI is InChI=1S/C26H28FN5O2.H2/c1-4-16-9-18(10-22(27)25(16)26(33)31-19-14-32(3)15-19)24-12-21(7-8-30-24)34-20-6-5-17(13-28)23(11-20)29-2;/h5-13,19,28-29H,4,14-15H2,1-3H3,(H,31,33);1H. The second-order valence-electron chi connectivity index (χ2n) is 8.36. The van der Waals surface area contributed by atoms with Crippen LogP contribution in [0.1, 0.15) is 29.8 Å². The molecule has 1 amide bonds. The SMILES string of the molecule is CCc1cc(-c2cc(Oc3ccc(C=N)c(NC)c3)ccn2)cc(F)c1C(=O)NC1CN(C)C1.[HH]. The van der Waals surface area contributed by atoms with Gasteiger partial charge in [0.05, 0.1) is 17.3 Å². The van der Waals surface area contributed by atoms with Crippen molar-refractivity contribution in [1.29, 1.82) is 5.41 Å². The van der Waals surface area contributed by atoms with Crippen LogP contribution in [0.15, 0.2) is 48.7 Å². The minimum absolute atomic E-state index is 0. The second kappa shape index (κ2) is 10.0. The summed E-state index contributed by atoms with van der Waals surface area (Å²) in [5, 5.41) is 13.4. The van der Waals surface area contributed by atoms with Crippen LogP contribution in [-0.4, -0.2) is 55.2 Å². The molecule has 1 aliphatic rings. The highest BCUT2D eigenvalue weighted by Gasteiger charge is 2.27. The highest BCUT2D eigenvalue weighted by atomic mass is 19.1. The van der Waals surface area contributed by atoms with Gasteiger partial charge in [0, 0.05) is 62.9 Å². The fourth-order valence-electron chi connectivity index (χ4n) is 4.10. The highest BCUT2D eigenvalue weighted by Crippen LogP contribution is 2.30. The van der Waals surface area contributed by atoms with E-state index in [9.17, 15) is 4.79 Å². The average molecular weight is 464 g/mol. The fourth-order valence-corrected chi connectivity index (χ4v) is 4.10. The Bertz CT molecular complexity index is 1230. The number of pyridine rings is 1. The molecular formula is C26H30FN5O2. The largest absolute Gasteiger partial charge is 0.457 e. The van der Waals surface area contributed by atoms with Crippen molar-refractivity contribution in [2.75, 3.05) is 32.5 Å². The van der Waals surface area contributed by atoms with Crippen LogP contribution >= 0.6 is 0 Å². The minimum atomic E-state index is -0.562. The number of carbonyl (C=O) groups excluding carboxylic acids is 1. The molecule has 1 aromatic heterocycles. The van der Waals surface area contributed by atoms with Crippen molar-refractivity contribution in [3.05, 3.63) is 71.2 Å². The van der Waals surface area contributed by atoms with Crippen LogP contribution < -0.4 is 15.4 Å². The topological polar surface area (TPSA) is 90.3 Å². The first-order valence-corrected chi connectivity index (χ1v) is 11.2. The van der Waals surface area contributed by atoms with Crippen molar-refractivity contribution < 1.29 is 15.3 Å². The van der Waals surface area contributed by atoms with Crippen molar-refractivity contribution in [2.24, 2.45) is 0 Å². The maximum atomic E-state index is 15.1. The zero-order valence-corrected chi connectivity index (χ0v) is 19.5. The van der Waals surface area contributed by atoms with Crippen LogP contribution in [0.3, 0.4) is 0 Å². The summed E-state index contributed by atoms with van der Waals surface area (Å²) in [5.41, 5.74) is 3.38. The van der Waals surface area contributed by atoms with E-state index in [0.29, 0.717) is 34.7 Å². The summed E-state index contributed by atoms with van der Waals surface area (Å²) in [6.45, 7) is 3.43. The van der Waals surface area contributed by atoms with E-state index in [2.05, 4.69) is 20.5 Å². The number of ether oxygens (including phenoxy) is 1. The first-order valence-electron chi connectivity index (χ1n) is 11.2. The Balaban J connectivity index is 0.00000342. The smallest absolute Gasteiger partial charge is 0.254 e. The van der Waals surface area contributed by atoms with Gasteiger partial charge in [-0.3, -0.25) is 9.78 Å². The lowest BCUT2D eigenvalue weighted by atomic mass is 9.98. The first kappa shape index (κ1) is 23.4. The van der Waals surface area contributed by atoms with Gasteiger partial charge in [-0.2, -0.15) is 0 Å². The Morgan fingerprint density at radius 1 is 1.26 bits per heavy atom. The number of hydrogen-bond donors (Lipinski definition) is 3. The van der Waals surface area contributed by atoms with Crippen molar-refractivity contribution in [3.63, 3.8) is 0 Å². The third kappa shape index (κ3) is 4.92. The third-order valence-electron chi connectivity index (χ3n) is 5.89. The zero-order valence-electron chi connectivity index (χ0n) is 19.5. The lowest BCUT2D eigenvalue weighted by Crippen LogP contribution is -2.57. The number of anilines is 1. The monoisotopic (exact) mass is 463 g/mol. The number of carbonyl (C=O) groups is 1. The summed E-state index contributed by atoms with van der Waals surface area (Å²) in [4.78, 5) is 19.2. The van der Waals surface area contributed by atoms with Crippen molar-refractivity contribution in [2.45, 2.75) is 19.4 Å². The maximum Gasteiger partial charge on any atom is 0.254 e. The molecule has 0 spiro atoms. The van der Waals surface area contributed by atoms with E-state index in [1.807, 2.05) is 26.1 Å². The molecule has 7 nitrogen and oxygen atoms in total. The van der Waals surface area contributed by atoms with E-state index in [-0.39, 0.29) is 18.9 Å². The molecule has 0 aliphatic carbocycles. The molecule has 2 aromatic carbocycles. The van der Waals surface area contributed by atoms with Gasteiger partial charge < -0.3 is 25.7 Å². The average Bonchev–Trinajstić information content (AvgIpc) is 2.82. The quantitative estimate of drug-likeness (QED) is 0.426. The Hall–Kier alpha value is -3.78. The summed E-state index contributed by atoms with van der Waals surface area (Å²) >= 11 is 0. The zero-order chi connectivity index (χ0) is 24.2. The van der Waals surface area contributed by atoms with Crippen molar-refractivity contribution >= 4 is 17.8 Å². The normalized spacial score (nSPS) is 13.8. The van der Waals surface area contributed by atoms with Crippen LogP contribution in [0.25, 0.3) is 11.3 Å². The Kier molecular flexibility index (Phi) is 6.88. The number of halogens is 1. The van der Waals surface area contributed by atoms with Crippen molar-refractivity contribution in [3.8, 4) is 22.8 Å². The first-order chi connectivity index (χ1) is 16.4. The van der Waals surface area contributed by atoms with Gasteiger partial charge in [-0.05, 0) is 49.4 Å². The minimum Gasteiger partial charge on any atom is -0.457 e. The molecule has 1 fully saturated rings. The van der Waals surface area contributed by atoms with Crippen LogP contribution in [0.4, 0.5) is 10.1 Å². The number of aromatic nitrogens is 1. The van der Waals surface area contributed by atoms with E-state index >= 15 is 4.39 Å². The van der Waals surface area contributed by atoms with Crippen molar-refractivity contribution in [1.82, 2.24) is 15.2 Å². The van der Waals surface area contributed by atoms with E-state index < -0.39 is 5.82 Å². The number of benzene rings is 2. The molecule has 178 valence electrons. The number of aryl methyl sites for hydroxylation is 1. The van der Waals surface area contributed by atoms with Gasteiger partial charge in [-0.25, -0.2) is 4.39 Å². The molecule has 0 radical (unpaired) electrons. The summed E-state index contributed by atoms with van der Waals surface area (Å²) < 4.78 is 21.1. The van der Waals surface area contributed by atoms with Gasteiger partial charge in [0.2, 0.25) is 0 Å². The van der Waals surface area contributed by atoms with E-state index in [1.54, 1.807) is 37.5 Å². The number of hydrogen-bond acceptors (Lipinski definition) is 6. The molecule has 4 rings (SSSR count). The van der Waals surface area contributed by atoms with Gasteiger partial charge in [0.25, 0.3) is 5.91 Å². The van der Waals surface area contributed by atoms with Crippen LogP contribution in [0.2, 0.25) is 0 Å². The number of nitrogens with zero attached hydrogens (tertiary/aromatic N) is 2. The molecule has 0 unspecified atom stereocenters. The predicted octanol–water partition coefficient (Wildman–Crippen LogP) is 4.57. The molecule has 34 heavy (non-hydrogen) atoms. The van der Waals surface area contributed by atoms with Crippen LogP contribution in [-0.2, 0) is 6.42 Å². The Labute approximate surface area is 200 Å². The Morgan fingerprint density at radius 2 is 2.03 bits per heavy atom. The third-order valence-corrected chi connectivity index (χ3v) is 5.89. The molecule has 0 saturated carbocycles. The highest BCUT2D eigenvalue weighted by molar-refractivity contribution is 5.97. The summed E-state index contributed by atoms with van der Waals surface area (Å²) in [6, 6.07) is 12.1. The van der Waals surface area contributed by atoms with Gasteiger partial charge in [0.1, 0.15) is 17.3 Å². The lowest BCUT2D eigenvalue weighted by molar-refractivity contribution is 0.0853. The molecule has 1 aliphatic heterocycles. The summed E-state index contributed by atoms with van der Waals surface area (Å²) in [7, 11) is 3.76. The number of rotatable bonds is 8. The maximum absolute atomic E-state index is 15.1. The predicted molar refractivity (Wildman–Crippen MR) is 134 cm³/mol. The fraction of sp³-hybridized carbons (Fsp3) is 0.269. The molecule has 3 aromatic rings. The number of nitrogens with one attached hydrogen (secondary N) is 3. The molecule has 0 atom stereocenters. The molecular weight excluding hydrogens is 433 g/mol. The van der Waals surface area contributed by atoms with Gasteiger partial charge in [-0.1, -0.05) is 6.92 Å². The van der Waals surface area contributed by atoms with Gasteiger partial charge in [-0.15, -0.1) is 0 Å². The molecule has 3 N–H and O–H groups in total. The molecule has 8 heteroatoms. The number of amides is 1. The van der Waals surface area contributed by atoms with Crippen LogP contribution in [0, 0.1) is 11.2 Å². The summed E-state index contributed by atoms with van der Waals surface area (Å²) in [5.74, 6) is 0.205. The van der Waals surface area contributed by atoms with Gasteiger partial charge >= 0.3 is 0 Å². The molecule has 1 saturated heterocycles. The van der Waals surface area contributed by atoms with E-state index in [0.717, 1.165) is 24.3 Å². The number of likely N-dealkylation sites (N-methyl/N-ethyl adjacent to an activating group) is 1. The summed E-state index contributed by atoms with van der Waals surface area (Å²) in [6.07, 6.45) is 3.39.